The number of hydrogen-bond donors (Lipinski definition) is 3. The van der Waals surface area contributed by atoms with Crippen LogP contribution in [0.2, 0.25) is 0 Å². The Labute approximate surface area is 152 Å². The zero-order chi connectivity index (χ0) is 16.7. The van der Waals surface area contributed by atoms with Crippen molar-refractivity contribution >= 4 is 36.9 Å². The second-order valence-electron chi connectivity index (χ2n) is 4.53. The van der Waals surface area contributed by atoms with Crippen molar-refractivity contribution in [2.24, 2.45) is 0 Å². The molecule has 131 valence electrons. The van der Waals surface area contributed by atoms with Gasteiger partial charge in [-0.2, -0.15) is 23.8 Å². The van der Waals surface area contributed by atoms with Gasteiger partial charge in [-0.3, -0.25) is 9.27 Å². The maximum absolute atomic E-state index is 12.3. The third-order valence-corrected chi connectivity index (χ3v) is 5.31. The summed E-state index contributed by atoms with van der Waals surface area (Å²) in [6.07, 6.45) is 0. The van der Waals surface area contributed by atoms with Gasteiger partial charge in [0.1, 0.15) is 15.9 Å². The van der Waals surface area contributed by atoms with E-state index in [1.807, 2.05) is 0 Å². The van der Waals surface area contributed by atoms with E-state index in [-0.39, 0.29) is 44.0 Å². The molecule has 3 rings (SSSR count). The predicted molar refractivity (Wildman–Crippen MR) is 81.0 cm³/mol. The van der Waals surface area contributed by atoms with E-state index in [9.17, 15) is 21.4 Å². The van der Waals surface area contributed by atoms with Gasteiger partial charge in [0.05, 0.1) is 10.6 Å². The number of benzene rings is 2. The summed E-state index contributed by atoms with van der Waals surface area (Å²) in [6.45, 7) is 0. The van der Waals surface area contributed by atoms with E-state index in [0.717, 1.165) is 0 Å². The van der Waals surface area contributed by atoms with Crippen LogP contribution >= 0.6 is 0 Å². The Hall–Kier alpha value is -1.76. The molecule has 0 saturated heterocycles. The summed E-state index contributed by atoms with van der Waals surface area (Å²) in [4.78, 5) is -0.718. The molecule has 24 heavy (non-hydrogen) atoms. The summed E-state index contributed by atoms with van der Waals surface area (Å²) < 4.78 is 59.5. The minimum absolute atomic E-state index is 0. The van der Waals surface area contributed by atoms with Gasteiger partial charge in [0.2, 0.25) is 0 Å². The first-order chi connectivity index (χ1) is 10.8. The second-order valence-corrected chi connectivity index (χ2v) is 7.57. The molecule has 1 aromatic heterocycles. The van der Waals surface area contributed by atoms with Crippen LogP contribution in [0.3, 0.4) is 0 Å². The molecule has 0 amide bonds. The smallest absolute Gasteiger partial charge is 0.282 e. The molecule has 2 aromatic carbocycles. The van der Waals surface area contributed by atoms with Gasteiger partial charge in [0, 0.05) is 22.4 Å². The number of aromatic amines is 1. The number of sulfonamides is 1. The number of nitrogens with zero attached hydrogens (tertiary/aromatic N) is 2. The van der Waals surface area contributed by atoms with Crippen molar-refractivity contribution in [3.05, 3.63) is 42.5 Å². The standard InChI is InChI=1S/C12H10N4O5S2.Ag/c17-22(18,8-4-2-1-3-5-8)15-10-7-6-9-11(14-16-13-9)12(10)23(19,20)21;/h1-7,15H,(H,13,14,16)(H,19,20,21);. The van der Waals surface area contributed by atoms with Crippen LogP contribution in [0.4, 0.5) is 5.69 Å². The number of fused-ring (bicyclic) bond motifs is 1. The van der Waals surface area contributed by atoms with E-state index in [0.29, 0.717) is 0 Å². The largest absolute Gasteiger partial charge is 0.298 e. The Morgan fingerprint density at radius 2 is 1.62 bits per heavy atom. The predicted octanol–water partition coefficient (Wildman–Crippen LogP) is 1.00. The van der Waals surface area contributed by atoms with Crippen molar-refractivity contribution in [1.29, 1.82) is 0 Å². The third kappa shape index (κ3) is 3.50. The molecule has 0 aliphatic rings. The van der Waals surface area contributed by atoms with Crippen molar-refractivity contribution in [3.63, 3.8) is 0 Å². The van der Waals surface area contributed by atoms with Gasteiger partial charge in [-0.05, 0) is 24.3 Å². The number of aromatic nitrogens is 3. The summed E-state index contributed by atoms with van der Waals surface area (Å²) in [5, 5.41) is 9.56. The first-order valence-electron chi connectivity index (χ1n) is 6.18. The fraction of sp³-hybridized carbons (Fsp3) is 0. The monoisotopic (exact) mass is 461 g/mol. The summed E-state index contributed by atoms with van der Waals surface area (Å²) in [5.74, 6) is 0. The van der Waals surface area contributed by atoms with Crippen LogP contribution < -0.4 is 4.72 Å². The molecule has 3 N–H and O–H groups in total. The number of H-pyrrole nitrogens is 1. The minimum Gasteiger partial charge on any atom is -0.282 e. The molecule has 0 spiro atoms. The molecule has 0 atom stereocenters. The van der Waals surface area contributed by atoms with Gasteiger partial charge in [0.15, 0.2) is 0 Å². The molecule has 0 bridgehead atoms. The maximum atomic E-state index is 12.3. The molecule has 1 radical (unpaired) electrons. The van der Waals surface area contributed by atoms with E-state index in [4.69, 9.17) is 0 Å². The zero-order valence-electron chi connectivity index (χ0n) is 11.6. The van der Waals surface area contributed by atoms with Gasteiger partial charge < -0.3 is 0 Å². The molecular formula is C12H10AgN4O5S2. The Morgan fingerprint density at radius 1 is 0.958 bits per heavy atom. The Bertz CT molecular complexity index is 1080. The van der Waals surface area contributed by atoms with E-state index < -0.39 is 25.0 Å². The van der Waals surface area contributed by atoms with E-state index in [1.54, 1.807) is 6.07 Å². The molecule has 9 nitrogen and oxygen atoms in total. The van der Waals surface area contributed by atoms with E-state index >= 15 is 0 Å². The van der Waals surface area contributed by atoms with Crippen molar-refractivity contribution in [2.75, 3.05) is 4.72 Å². The van der Waals surface area contributed by atoms with Gasteiger partial charge in [-0.15, -0.1) is 0 Å². The quantitative estimate of drug-likeness (QED) is 0.388. The van der Waals surface area contributed by atoms with Crippen molar-refractivity contribution < 1.29 is 43.8 Å². The van der Waals surface area contributed by atoms with Gasteiger partial charge in [0.25, 0.3) is 20.1 Å². The number of hydrogen-bond acceptors (Lipinski definition) is 6. The molecule has 1 heterocycles. The van der Waals surface area contributed by atoms with Crippen LogP contribution in [0.25, 0.3) is 11.0 Å². The molecule has 3 aromatic rings. The summed E-state index contributed by atoms with van der Waals surface area (Å²) in [6, 6.07) is 9.96. The second kappa shape index (κ2) is 6.63. The number of anilines is 1. The molecule has 0 aliphatic heterocycles. The van der Waals surface area contributed by atoms with Gasteiger partial charge in [-0.25, -0.2) is 8.42 Å². The molecule has 0 unspecified atom stereocenters. The van der Waals surface area contributed by atoms with Crippen LogP contribution in [0.5, 0.6) is 0 Å². The average Bonchev–Trinajstić information content (AvgIpc) is 2.94. The van der Waals surface area contributed by atoms with Crippen molar-refractivity contribution in [2.45, 2.75) is 9.79 Å². The van der Waals surface area contributed by atoms with E-state index in [1.165, 1.54) is 36.4 Å². The van der Waals surface area contributed by atoms with Crippen LogP contribution in [0.15, 0.2) is 52.3 Å². The van der Waals surface area contributed by atoms with E-state index in [2.05, 4.69) is 20.1 Å². The normalized spacial score (nSPS) is 11.9. The summed E-state index contributed by atoms with van der Waals surface area (Å²) in [7, 11) is -8.77. The minimum atomic E-state index is -4.73. The number of rotatable bonds is 4. The first kappa shape index (κ1) is 18.6. The average molecular weight is 462 g/mol. The van der Waals surface area contributed by atoms with Crippen LogP contribution in [0, 0.1) is 0 Å². The fourth-order valence-corrected chi connectivity index (χ4v) is 3.98. The Balaban J connectivity index is 0.00000208. The van der Waals surface area contributed by atoms with Crippen molar-refractivity contribution in [3.8, 4) is 0 Å². The van der Waals surface area contributed by atoms with Gasteiger partial charge >= 0.3 is 0 Å². The Morgan fingerprint density at radius 3 is 2.25 bits per heavy atom. The summed E-state index contributed by atoms with van der Waals surface area (Å²) in [5.41, 5.74) is -0.321. The molecule has 0 aliphatic carbocycles. The SMILES string of the molecule is O=S(=O)(O)c1c(NS(=O)(=O)c2ccccc2)ccc2n[nH]nc12.[Ag]. The molecule has 0 fully saturated rings. The topological polar surface area (TPSA) is 142 Å². The van der Waals surface area contributed by atoms with Gasteiger partial charge in [-0.1, -0.05) is 18.2 Å². The molecule has 0 saturated carbocycles. The van der Waals surface area contributed by atoms with Crippen LogP contribution in [-0.2, 0) is 42.5 Å². The maximum Gasteiger partial charge on any atom is 0.298 e. The zero-order valence-corrected chi connectivity index (χ0v) is 14.7. The first-order valence-corrected chi connectivity index (χ1v) is 9.10. The van der Waals surface area contributed by atoms with Crippen LogP contribution in [-0.4, -0.2) is 36.8 Å². The third-order valence-electron chi connectivity index (χ3n) is 3.00. The fourth-order valence-electron chi connectivity index (χ4n) is 2.03. The Kier molecular flexibility index (Phi) is 5.13. The number of nitrogens with one attached hydrogen (secondary N) is 2. The van der Waals surface area contributed by atoms with Crippen LogP contribution in [0.1, 0.15) is 0 Å². The molecule has 12 heteroatoms. The molecular weight excluding hydrogens is 452 g/mol. The summed E-state index contributed by atoms with van der Waals surface area (Å²) >= 11 is 0. The van der Waals surface area contributed by atoms with Crippen molar-refractivity contribution in [1.82, 2.24) is 15.4 Å².